The van der Waals surface area contributed by atoms with E-state index >= 15 is 0 Å². The minimum absolute atomic E-state index is 0.0130. The Hall–Kier alpha value is -1.31. The van der Waals surface area contributed by atoms with Crippen LogP contribution in [0.1, 0.15) is 33.4 Å². The molecule has 0 unspecified atom stereocenters. The average Bonchev–Trinajstić information content (AvgIpc) is 2.54. The van der Waals surface area contributed by atoms with Crippen LogP contribution in [-0.2, 0) is 12.0 Å². The van der Waals surface area contributed by atoms with Crippen LogP contribution in [0.5, 0.6) is 0 Å². The summed E-state index contributed by atoms with van der Waals surface area (Å²) in [6.07, 6.45) is 0.966. The molecule has 0 bridgehead atoms. The van der Waals surface area contributed by atoms with Gasteiger partial charge in [-0.3, -0.25) is 0 Å². The molecule has 0 saturated carbocycles. The van der Waals surface area contributed by atoms with E-state index in [4.69, 9.17) is 0 Å². The van der Waals surface area contributed by atoms with E-state index in [2.05, 4.69) is 38.3 Å². The first-order valence-corrected chi connectivity index (χ1v) is 5.74. The fraction of sp³-hybridized carbons (Fsp3) is 0.429. The quantitative estimate of drug-likeness (QED) is 0.680. The molecule has 0 radical (unpaired) electrons. The van der Waals surface area contributed by atoms with Crippen LogP contribution in [0.3, 0.4) is 0 Å². The lowest BCUT2D eigenvalue weighted by Crippen LogP contribution is -2.23. The van der Waals surface area contributed by atoms with E-state index in [1.165, 1.54) is 11.8 Å². The van der Waals surface area contributed by atoms with Gasteiger partial charge in [0.1, 0.15) is 5.82 Å². The van der Waals surface area contributed by atoms with Crippen molar-refractivity contribution < 1.29 is 4.39 Å². The highest BCUT2D eigenvalue weighted by atomic mass is 19.1. The first-order chi connectivity index (χ1) is 7.43. The maximum absolute atomic E-state index is 13.3. The van der Waals surface area contributed by atoms with Gasteiger partial charge >= 0.3 is 0 Å². The van der Waals surface area contributed by atoms with Gasteiger partial charge in [-0.2, -0.15) is 0 Å². The van der Waals surface area contributed by atoms with E-state index in [0.717, 1.165) is 17.3 Å². The van der Waals surface area contributed by atoms with E-state index in [9.17, 15) is 4.39 Å². The molecule has 86 valence electrons. The standard InChI is InChI=1S/C14H18FN/c1-5-12-8-10-6-7-11(15)9-13(10)16(12)14(2,3)4/h6-9H,5H2,1-4H3. The Balaban J connectivity index is 2.81. The van der Waals surface area contributed by atoms with Crippen molar-refractivity contribution in [1.82, 2.24) is 4.57 Å². The summed E-state index contributed by atoms with van der Waals surface area (Å²) in [5.41, 5.74) is 2.23. The Kier molecular flexibility index (Phi) is 2.53. The van der Waals surface area contributed by atoms with Gasteiger partial charge in [0.05, 0.1) is 5.52 Å². The van der Waals surface area contributed by atoms with E-state index in [1.807, 2.05) is 6.07 Å². The number of halogens is 1. The zero-order chi connectivity index (χ0) is 11.9. The van der Waals surface area contributed by atoms with E-state index in [-0.39, 0.29) is 11.4 Å². The third-order valence-corrected chi connectivity index (χ3v) is 2.88. The third-order valence-electron chi connectivity index (χ3n) is 2.88. The van der Waals surface area contributed by atoms with Crippen molar-refractivity contribution in [2.24, 2.45) is 0 Å². The third kappa shape index (κ3) is 1.73. The minimum Gasteiger partial charge on any atom is -0.339 e. The first-order valence-electron chi connectivity index (χ1n) is 5.74. The van der Waals surface area contributed by atoms with Gasteiger partial charge in [0.2, 0.25) is 0 Å². The van der Waals surface area contributed by atoms with Crippen LogP contribution in [0.15, 0.2) is 24.3 Å². The molecule has 1 aromatic heterocycles. The number of fused-ring (bicyclic) bond motifs is 1. The molecular weight excluding hydrogens is 201 g/mol. The molecule has 0 atom stereocenters. The predicted octanol–water partition coefficient (Wildman–Crippen LogP) is 4.10. The molecule has 0 saturated heterocycles. The molecule has 1 nitrogen and oxygen atoms in total. The zero-order valence-corrected chi connectivity index (χ0v) is 10.3. The van der Waals surface area contributed by atoms with Crippen molar-refractivity contribution in [3.8, 4) is 0 Å². The number of rotatable bonds is 1. The monoisotopic (exact) mass is 219 g/mol. The summed E-state index contributed by atoms with van der Waals surface area (Å²) in [4.78, 5) is 0. The van der Waals surface area contributed by atoms with Gasteiger partial charge in [0.25, 0.3) is 0 Å². The highest BCUT2D eigenvalue weighted by Gasteiger charge is 2.19. The number of aryl methyl sites for hydroxylation is 1. The lowest BCUT2D eigenvalue weighted by atomic mass is 10.1. The summed E-state index contributed by atoms with van der Waals surface area (Å²) in [7, 11) is 0. The second-order valence-electron chi connectivity index (χ2n) is 5.20. The number of aromatic nitrogens is 1. The van der Waals surface area contributed by atoms with Gasteiger partial charge in [0.15, 0.2) is 0 Å². The largest absolute Gasteiger partial charge is 0.339 e. The Labute approximate surface area is 95.9 Å². The fourth-order valence-electron chi connectivity index (χ4n) is 2.28. The topological polar surface area (TPSA) is 4.93 Å². The molecule has 2 heteroatoms. The molecule has 0 aliphatic rings. The zero-order valence-electron chi connectivity index (χ0n) is 10.3. The molecule has 1 aromatic carbocycles. The Morgan fingerprint density at radius 2 is 1.88 bits per heavy atom. The van der Waals surface area contributed by atoms with Crippen molar-refractivity contribution in [2.45, 2.75) is 39.7 Å². The Morgan fingerprint density at radius 3 is 2.44 bits per heavy atom. The van der Waals surface area contributed by atoms with Crippen LogP contribution in [0, 0.1) is 5.82 Å². The van der Waals surface area contributed by atoms with Crippen LogP contribution in [0.2, 0.25) is 0 Å². The molecule has 0 amide bonds. The maximum atomic E-state index is 13.3. The van der Waals surface area contributed by atoms with Gasteiger partial charge in [-0.15, -0.1) is 0 Å². The molecule has 1 heterocycles. The molecule has 2 rings (SSSR count). The van der Waals surface area contributed by atoms with Gasteiger partial charge in [-0.05, 0) is 51.5 Å². The number of nitrogens with zero attached hydrogens (tertiary/aromatic N) is 1. The molecule has 16 heavy (non-hydrogen) atoms. The molecule has 0 aliphatic heterocycles. The van der Waals surface area contributed by atoms with Crippen LogP contribution in [0.4, 0.5) is 4.39 Å². The summed E-state index contributed by atoms with van der Waals surface area (Å²) in [5, 5.41) is 1.12. The molecular formula is C14H18FN. The minimum atomic E-state index is -0.168. The van der Waals surface area contributed by atoms with Gasteiger partial charge < -0.3 is 4.57 Å². The number of hydrogen-bond acceptors (Lipinski definition) is 0. The summed E-state index contributed by atoms with van der Waals surface area (Å²) in [6.45, 7) is 8.58. The van der Waals surface area contributed by atoms with Crippen molar-refractivity contribution >= 4 is 10.9 Å². The highest BCUT2D eigenvalue weighted by Crippen LogP contribution is 2.28. The molecule has 0 fully saturated rings. The van der Waals surface area contributed by atoms with Gasteiger partial charge in [0, 0.05) is 16.6 Å². The normalized spacial score (nSPS) is 12.3. The second kappa shape index (κ2) is 3.62. The lowest BCUT2D eigenvalue weighted by molar-refractivity contribution is 0.399. The fourth-order valence-corrected chi connectivity index (χ4v) is 2.28. The average molecular weight is 219 g/mol. The van der Waals surface area contributed by atoms with Crippen molar-refractivity contribution in [3.63, 3.8) is 0 Å². The SMILES string of the molecule is CCc1cc2ccc(F)cc2n1C(C)(C)C. The van der Waals surface area contributed by atoms with Crippen LogP contribution in [-0.4, -0.2) is 4.57 Å². The summed E-state index contributed by atoms with van der Waals surface area (Å²) in [5.74, 6) is -0.168. The van der Waals surface area contributed by atoms with Crippen molar-refractivity contribution in [2.75, 3.05) is 0 Å². The number of benzene rings is 1. The van der Waals surface area contributed by atoms with Gasteiger partial charge in [-0.1, -0.05) is 6.92 Å². The highest BCUT2D eigenvalue weighted by molar-refractivity contribution is 5.81. The summed E-state index contributed by atoms with van der Waals surface area (Å²) < 4.78 is 15.5. The molecule has 0 aliphatic carbocycles. The second-order valence-corrected chi connectivity index (χ2v) is 5.20. The smallest absolute Gasteiger partial charge is 0.125 e. The van der Waals surface area contributed by atoms with E-state index in [1.54, 1.807) is 6.07 Å². The van der Waals surface area contributed by atoms with Gasteiger partial charge in [-0.25, -0.2) is 4.39 Å². The Morgan fingerprint density at radius 1 is 1.19 bits per heavy atom. The number of hydrogen-bond donors (Lipinski definition) is 0. The molecule has 0 N–H and O–H groups in total. The van der Waals surface area contributed by atoms with E-state index in [0.29, 0.717) is 0 Å². The maximum Gasteiger partial charge on any atom is 0.125 e. The summed E-state index contributed by atoms with van der Waals surface area (Å²) in [6, 6.07) is 7.15. The lowest BCUT2D eigenvalue weighted by Gasteiger charge is -2.25. The van der Waals surface area contributed by atoms with Crippen LogP contribution < -0.4 is 0 Å². The Bertz CT molecular complexity index is 517. The summed E-state index contributed by atoms with van der Waals surface area (Å²) >= 11 is 0. The van der Waals surface area contributed by atoms with Crippen molar-refractivity contribution in [1.29, 1.82) is 0 Å². The predicted molar refractivity (Wildman–Crippen MR) is 66.3 cm³/mol. The van der Waals surface area contributed by atoms with E-state index < -0.39 is 0 Å². The van der Waals surface area contributed by atoms with Crippen molar-refractivity contribution in [3.05, 3.63) is 35.8 Å². The molecule has 0 spiro atoms. The van der Waals surface area contributed by atoms with Crippen LogP contribution >= 0.6 is 0 Å². The van der Waals surface area contributed by atoms with Crippen LogP contribution in [0.25, 0.3) is 10.9 Å². The first kappa shape index (κ1) is 11.2. The molecule has 2 aromatic rings.